The van der Waals surface area contributed by atoms with Gasteiger partial charge in [-0.3, -0.25) is 9.59 Å². The fourth-order valence-electron chi connectivity index (χ4n) is 4.74. The van der Waals surface area contributed by atoms with Crippen molar-refractivity contribution >= 4 is 23.3 Å². The van der Waals surface area contributed by atoms with E-state index >= 15 is 0 Å². The van der Waals surface area contributed by atoms with Gasteiger partial charge in [-0.15, -0.1) is 0 Å². The van der Waals surface area contributed by atoms with E-state index in [4.69, 9.17) is 11.6 Å². The molecule has 1 amide bonds. The lowest BCUT2D eigenvalue weighted by atomic mass is 9.88. The van der Waals surface area contributed by atoms with Crippen molar-refractivity contribution < 1.29 is 9.59 Å². The van der Waals surface area contributed by atoms with Crippen LogP contribution >= 0.6 is 11.6 Å². The molecular formula is C24H26ClNO2. The molecule has 1 fully saturated rings. The van der Waals surface area contributed by atoms with Gasteiger partial charge < -0.3 is 4.90 Å². The monoisotopic (exact) mass is 395 g/mol. The van der Waals surface area contributed by atoms with E-state index in [1.807, 2.05) is 48.2 Å². The van der Waals surface area contributed by atoms with Crippen LogP contribution in [0.5, 0.6) is 0 Å². The highest BCUT2D eigenvalue weighted by atomic mass is 35.5. The molecule has 1 atom stereocenters. The molecule has 4 rings (SSSR count). The molecule has 0 aromatic heterocycles. The Labute approximate surface area is 171 Å². The Balaban J connectivity index is 1.42. The fraction of sp³-hybridized carbons (Fsp3) is 0.417. The van der Waals surface area contributed by atoms with E-state index in [1.165, 1.54) is 5.56 Å². The molecule has 146 valence electrons. The third kappa shape index (κ3) is 3.73. The van der Waals surface area contributed by atoms with Crippen LogP contribution < -0.4 is 0 Å². The third-order valence-corrected chi connectivity index (χ3v) is 6.73. The molecule has 0 radical (unpaired) electrons. The second-order valence-corrected chi connectivity index (χ2v) is 8.49. The molecule has 4 heteroatoms. The Morgan fingerprint density at radius 2 is 1.79 bits per heavy atom. The summed E-state index contributed by atoms with van der Waals surface area (Å²) in [5.74, 6) is 0.466. The number of likely N-dealkylation sites (tertiary alicyclic amines) is 1. The van der Waals surface area contributed by atoms with Gasteiger partial charge in [-0.1, -0.05) is 48.0 Å². The summed E-state index contributed by atoms with van der Waals surface area (Å²) in [7, 11) is 0. The number of carbonyl (C=O) groups is 2. The van der Waals surface area contributed by atoms with Gasteiger partial charge in [-0.05, 0) is 61.3 Å². The van der Waals surface area contributed by atoms with Gasteiger partial charge in [0.15, 0.2) is 5.78 Å². The first-order chi connectivity index (χ1) is 13.5. The molecule has 1 saturated heterocycles. The average Bonchev–Trinajstić information content (AvgIpc) is 2.88. The number of rotatable bonds is 2. The van der Waals surface area contributed by atoms with Crippen LogP contribution in [0.2, 0.25) is 5.02 Å². The topological polar surface area (TPSA) is 37.4 Å². The molecule has 2 aromatic carbocycles. The van der Waals surface area contributed by atoms with E-state index < -0.39 is 0 Å². The average molecular weight is 396 g/mol. The zero-order valence-corrected chi connectivity index (χ0v) is 17.0. The molecule has 1 heterocycles. The second kappa shape index (κ2) is 8.08. The summed E-state index contributed by atoms with van der Waals surface area (Å²) in [6, 6.07) is 13.9. The van der Waals surface area contributed by atoms with E-state index in [0.717, 1.165) is 60.5 Å². The smallest absolute Gasteiger partial charge is 0.226 e. The molecule has 3 nitrogen and oxygen atoms in total. The van der Waals surface area contributed by atoms with Gasteiger partial charge in [-0.2, -0.15) is 0 Å². The molecule has 0 N–H and O–H groups in total. The van der Waals surface area contributed by atoms with Gasteiger partial charge in [0.25, 0.3) is 0 Å². The Morgan fingerprint density at radius 1 is 1.04 bits per heavy atom. The molecule has 28 heavy (non-hydrogen) atoms. The van der Waals surface area contributed by atoms with Crippen LogP contribution in [0.1, 0.15) is 58.6 Å². The highest BCUT2D eigenvalue weighted by Crippen LogP contribution is 2.34. The number of amides is 1. The SMILES string of the molecule is Cc1cccc2c1CCC(C(=O)N1CCC(c3ccccc3Cl)CC1)CC2=O. The number of piperidine rings is 1. The van der Waals surface area contributed by atoms with Gasteiger partial charge in [0, 0.05) is 36.0 Å². The van der Waals surface area contributed by atoms with Crippen LogP contribution in [0.4, 0.5) is 0 Å². The summed E-state index contributed by atoms with van der Waals surface area (Å²) in [6.45, 7) is 3.53. The van der Waals surface area contributed by atoms with Crippen LogP contribution in [0.3, 0.4) is 0 Å². The van der Waals surface area contributed by atoms with Crippen molar-refractivity contribution in [3.8, 4) is 0 Å². The Hall–Kier alpha value is -2.13. The quantitative estimate of drug-likeness (QED) is 0.656. The lowest BCUT2D eigenvalue weighted by Gasteiger charge is -2.34. The number of ketones is 1. The maximum absolute atomic E-state index is 13.1. The number of aryl methyl sites for hydroxylation is 1. The Morgan fingerprint density at radius 3 is 2.54 bits per heavy atom. The standard InChI is InChI=1S/C24H26ClNO2/c1-16-5-4-7-21-19(16)10-9-18(15-23(21)27)24(28)26-13-11-17(12-14-26)20-6-2-3-8-22(20)25/h2-8,17-18H,9-15H2,1H3. The molecule has 2 aliphatic rings. The largest absolute Gasteiger partial charge is 0.342 e. The van der Waals surface area contributed by atoms with Crippen LogP contribution in [-0.4, -0.2) is 29.7 Å². The van der Waals surface area contributed by atoms with Crippen LogP contribution in [0.25, 0.3) is 0 Å². The number of hydrogen-bond acceptors (Lipinski definition) is 2. The first kappa shape index (κ1) is 19.2. The van der Waals surface area contributed by atoms with Crippen molar-refractivity contribution in [2.75, 3.05) is 13.1 Å². The highest BCUT2D eigenvalue weighted by molar-refractivity contribution is 6.31. The van der Waals surface area contributed by atoms with Gasteiger partial charge in [-0.25, -0.2) is 0 Å². The van der Waals surface area contributed by atoms with E-state index in [-0.39, 0.29) is 17.6 Å². The molecule has 0 saturated carbocycles. The number of fused-ring (bicyclic) bond motifs is 1. The van der Waals surface area contributed by atoms with E-state index in [1.54, 1.807) is 0 Å². The first-order valence-corrected chi connectivity index (χ1v) is 10.6. The molecule has 0 spiro atoms. The third-order valence-electron chi connectivity index (χ3n) is 6.39. The highest BCUT2D eigenvalue weighted by Gasteiger charge is 2.33. The summed E-state index contributed by atoms with van der Waals surface area (Å²) >= 11 is 6.35. The molecule has 1 unspecified atom stereocenters. The zero-order chi connectivity index (χ0) is 19.7. The zero-order valence-electron chi connectivity index (χ0n) is 16.3. The van der Waals surface area contributed by atoms with E-state index in [2.05, 4.69) is 6.07 Å². The molecule has 1 aliphatic heterocycles. The molecule has 1 aliphatic carbocycles. The van der Waals surface area contributed by atoms with Crippen molar-refractivity contribution in [1.29, 1.82) is 0 Å². The summed E-state index contributed by atoms with van der Waals surface area (Å²) in [5, 5.41) is 0.815. The number of Topliss-reactive ketones (excluding diaryl/α,β-unsaturated/α-hetero) is 1. The predicted octanol–water partition coefficient (Wildman–Crippen LogP) is 5.19. The molecule has 2 aromatic rings. The first-order valence-electron chi connectivity index (χ1n) is 10.2. The Bertz CT molecular complexity index is 899. The van der Waals surface area contributed by atoms with Crippen molar-refractivity contribution in [1.82, 2.24) is 4.90 Å². The lowest BCUT2D eigenvalue weighted by molar-refractivity contribution is -0.136. The molecular weight excluding hydrogens is 370 g/mol. The van der Waals surface area contributed by atoms with Crippen molar-refractivity contribution in [3.05, 3.63) is 69.7 Å². The summed E-state index contributed by atoms with van der Waals surface area (Å²) < 4.78 is 0. The summed E-state index contributed by atoms with van der Waals surface area (Å²) in [4.78, 5) is 27.9. The van der Waals surface area contributed by atoms with Crippen molar-refractivity contribution in [2.45, 2.75) is 44.9 Å². The van der Waals surface area contributed by atoms with Gasteiger partial charge in [0.1, 0.15) is 0 Å². The maximum Gasteiger partial charge on any atom is 0.226 e. The Kier molecular flexibility index (Phi) is 5.54. The van der Waals surface area contributed by atoms with Crippen LogP contribution in [0, 0.1) is 12.8 Å². The van der Waals surface area contributed by atoms with Gasteiger partial charge >= 0.3 is 0 Å². The normalized spacial score (nSPS) is 20.6. The second-order valence-electron chi connectivity index (χ2n) is 8.08. The summed E-state index contributed by atoms with van der Waals surface area (Å²) in [5.41, 5.74) is 4.28. The minimum atomic E-state index is -0.198. The number of carbonyl (C=O) groups excluding carboxylic acids is 2. The summed E-state index contributed by atoms with van der Waals surface area (Å²) in [6.07, 6.45) is 3.75. The van der Waals surface area contributed by atoms with E-state index in [9.17, 15) is 9.59 Å². The minimum Gasteiger partial charge on any atom is -0.342 e. The number of nitrogens with zero attached hydrogens (tertiary/aromatic N) is 1. The van der Waals surface area contributed by atoms with Crippen LogP contribution in [-0.2, 0) is 11.2 Å². The van der Waals surface area contributed by atoms with Crippen molar-refractivity contribution in [3.63, 3.8) is 0 Å². The fourth-order valence-corrected chi connectivity index (χ4v) is 5.03. The van der Waals surface area contributed by atoms with Crippen molar-refractivity contribution in [2.24, 2.45) is 5.92 Å². The lowest BCUT2D eigenvalue weighted by Crippen LogP contribution is -2.41. The number of benzene rings is 2. The van der Waals surface area contributed by atoms with Gasteiger partial charge in [0.05, 0.1) is 0 Å². The van der Waals surface area contributed by atoms with Crippen LogP contribution in [0.15, 0.2) is 42.5 Å². The number of halogens is 1. The van der Waals surface area contributed by atoms with Gasteiger partial charge in [0.2, 0.25) is 5.91 Å². The predicted molar refractivity (Wildman–Crippen MR) is 112 cm³/mol. The maximum atomic E-state index is 13.1. The van der Waals surface area contributed by atoms with E-state index in [0.29, 0.717) is 12.3 Å². The number of hydrogen-bond donors (Lipinski definition) is 0. The minimum absolute atomic E-state index is 0.112. The molecule has 0 bridgehead atoms.